The Morgan fingerprint density at radius 2 is 1.50 bits per heavy atom. The Bertz CT molecular complexity index is 1320. The second kappa shape index (κ2) is 11.0. The Labute approximate surface area is 209 Å². The third-order valence-electron chi connectivity index (χ3n) is 5.54. The van der Waals surface area contributed by atoms with Crippen molar-refractivity contribution in [2.45, 2.75) is 37.6 Å². The van der Waals surface area contributed by atoms with Crippen LogP contribution in [0.15, 0.2) is 77.7 Å². The van der Waals surface area contributed by atoms with E-state index in [1.165, 1.54) is 29.2 Å². The Morgan fingerprint density at radius 1 is 0.917 bits per heavy atom. The molecule has 0 saturated carbocycles. The Kier molecular flexibility index (Phi) is 8.24. The van der Waals surface area contributed by atoms with Crippen molar-refractivity contribution in [3.63, 3.8) is 0 Å². The lowest BCUT2D eigenvalue weighted by Gasteiger charge is -2.24. The number of hydroxylamine groups is 1. The molecule has 0 fully saturated rings. The van der Waals surface area contributed by atoms with E-state index < -0.39 is 34.2 Å². The van der Waals surface area contributed by atoms with E-state index in [-0.39, 0.29) is 22.4 Å². The smallest absolute Gasteiger partial charge is 0.274 e. The maximum Gasteiger partial charge on any atom is 0.274 e. The van der Waals surface area contributed by atoms with Gasteiger partial charge in [0.2, 0.25) is 15.9 Å². The molecule has 0 heterocycles. The third-order valence-corrected chi connectivity index (χ3v) is 6.96. The summed E-state index contributed by atoms with van der Waals surface area (Å²) in [6, 6.07) is 18.0. The molecule has 0 unspecified atom stereocenters. The van der Waals surface area contributed by atoms with E-state index in [1.807, 2.05) is 24.3 Å². The normalized spacial score (nSPS) is 11.7. The average Bonchev–Trinajstić information content (AvgIpc) is 2.85. The number of rotatable bonds is 8. The molecule has 0 aliphatic heterocycles. The molecule has 0 radical (unpaired) electrons. The van der Waals surface area contributed by atoms with Crippen LogP contribution in [0.3, 0.4) is 0 Å². The van der Waals surface area contributed by atoms with Crippen LogP contribution in [0, 0.1) is 5.82 Å². The number of sulfonamides is 1. The van der Waals surface area contributed by atoms with Crippen molar-refractivity contribution in [1.29, 1.82) is 0 Å². The van der Waals surface area contributed by atoms with Gasteiger partial charge in [0.25, 0.3) is 5.91 Å². The number of nitrogens with one attached hydrogen (secondary N) is 2. The first-order valence-corrected chi connectivity index (χ1v) is 12.6. The summed E-state index contributed by atoms with van der Waals surface area (Å²) in [5.74, 6) is -1.82. The molecule has 0 spiro atoms. The largest absolute Gasteiger partial charge is 0.307 e. The number of hydrogen-bond acceptors (Lipinski definition) is 5. The number of amides is 2. The van der Waals surface area contributed by atoms with Gasteiger partial charge in [0.1, 0.15) is 5.82 Å². The fourth-order valence-electron chi connectivity index (χ4n) is 3.42. The zero-order valence-electron chi connectivity index (χ0n) is 20.2. The Balaban J connectivity index is 1.85. The molecule has 2 amide bonds. The van der Waals surface area contributed by atoms with Gasteiger partial charge in [-0.05, 0) is 65.1 Å². The predicted octanol–water partition coefficient (Wildman–Crippen LogP) is 3.75. The first-order valence-electron chi connectivity index (χ1n) is 11.1. The van der Waals surface area contributed by atoms with Gasteiger partial charge in [-0.25, -0.2) is 23.0 Å². The highest BCUT2D eigenvalue weighted by Crippen LogP contribution is 2.24. The zero-order chi connectivity index (χ0) is 26.5. The molecule has 0 aliphatic rings. The summed E-state index contributed by atoms with van der Waals surface area (Å²) in [6.07, 6.45) is 0. The number of halogens is 1. The molecule has 0 aromatic heterocycles. The van der Waals surface area contributed by atoms with Crippen LogP contribution in [0.5, 0.6) is 0 Å². The van der Waals surface area contributed by atoms with Gasteiger partial charge in [0.05, 0.1) is 18.0 Å². The second-order valence-electron chi connectivity index (χ2n) is 9.19. The number of carbonyl (C=O) groups is 2. The molecule has 3 N–H and O–H groups in total. The van der Waals surface area contributed by atoms with E-state index in [4.69, 9.17) is 5.21 Å². The predicted molar refractivity (Wildman–Crippen MR) is 134 cm³/mol. The van der Waals surface area contributed by atoms with Crippen molar-refractivity contribution in [2.75, 3.05) is 11.4 Å². The van der Waals surface area contributed by atoms with Crippen LogP contribution in [0.1, 0.15) is 42.3 Å². The quantitative estimate of drug-likeness (QED) is 0.313. The molecule has 0 saturated heterocycles. The van der Waals surface area contributed by atoms with Gasteiger partial charge >= 0.3 is 0 Å². The van der Waals surface area contributed by atoms with Crippen molar-refractivity contribution in [3.05, 3.63) is 95.3 Å². The van der Waals surface area contributed by atoms with Gasteiger partial charge in [-0.1, -0.05) is 45.0 Å². The molecule has 3 aromatic carbocycles. The van der Waals surface area contributed by atoms with E-state index in [9.17, 15) is 22.4 Å². The van der Waals surface area contributed by atoms with Crippen molar-refractivity contribution in [3.8, 4) is 0 Å². The van der Waals surface area contributed by atoms with Crippen LogP contribution in [0.25, 0.3) is 0 Å². The highest BCUT2D eigenvalue weighted by molar-refractivity contribution is 7.89. The lowest BCUT2D eigenvalue weighted by molar-refractivity contribution is -0.117. The molecular weight excluding hydrogens is 485 g/mol. The molecule has 0 aliphatic carbocycles. The second-order valence-corrected chi connectivity index (χ2v) is 11.0. The highest BCUT2D eigenvalue weighted by atomic mass is 32.2. The summed E-state index contributed by atoms with van der Waals surface area (Å²) in [6.45, 7) is 5.88. The van der Waals surface area contributed by atoms with E-state index in [1.54, 1.807) is 5.48 Å². The molecule has 190 valence electrons. The van der Waals surface area contributed by atoms with Crippen LogP contribution in [0.2, 0.25) is 0 Å². The van der Waals surface area contributed by atoms with Crippen molar-refractivity contribution in [2.24, 2.45) is 0 Å². The summed E-state index contributed by atoms with van der Waals surface area (Å²) in [7, 11) is -4.05. The molecule has 8 nitrogen and oxygen atoms in total. The standard InChI is InChI=1S/C26H28FN3O5S/c1-26(2,3)20-8-4-18(5-9-20)17-30(22-12-6-19(7-13-22)25(32)29-33)24(31)16-28-36(34,35)23-14-10-21(27)11-15-23/h4-15,28,33H,16-17H2,1-3H3,(H,29,32). The average molecular weight is 514 g/mol. The first kappa shape index (κ1) is 27.0. The van der Waals surface area contributed by atoms with Gasteiger partial charge in [-0.2, -0.15) is 0 Å². The van der Waals surface area contributed by atoms with E-state index in [2.05, 4.69) is 25.5 Å². The number of anilines is 1. The molecule has 36 heavy (non-hydrogen) atoms. The van der Waals surface area contributed by atoms with Crippen LogP contribution >= 0.6 is 0 Å². The highest BCUT2D eigenvalue weighted by Gasteiger charge is 2.22. The Hall–Kier alpha value is -3.60. The summed E-state index contributed by atoms with van der Waals surface area (Å²) >= 11 is 0. The number of hydrogen-bond donors (Lipinski definition) is 3. The summed E-state index contributed by atoms with van der Waals surface area (Å²) < 4.78 is 40.6. The van der Waals surface area contributed by atoms with E-state index >= 15 is 0 Å². The lowest BCUT2D eigenvalue weighted by atomic mass is 9.87. The monoisotopic (exact) mass is 513 g/mol. The summed E-state index contributed by atoms with van der Waals surface area (Å²) in [5.41, 5.74) is 4.04. The maximum absolute atomic E-state index is 13.2. The minimum absolute atomic E-state index is 0.0459. The van der Waals surface area contributed by atoms with E-state index in [0.29, 0.717) is 5.69 Å². The maximum atomic E-state index is 13.2. The number of benzene rings is 3. The minimum Gasteiger partial charge on any atom is -0.307 e. The number of carbonyl (C=O) groups excluding carboxylic acids is 2. The molecular formula is C26H28FN3O5S. The molecule has 3 aromatic rings. The lowest BCUT2D eigenvalue weighted by Crippen LogP contribution is -2.40. The Morgan fingerprint density at radius 3 is 2.03 bits per heavy atom. The van der Waals surface area contributed by atoms with Gasteiger partial charge in [-0.3, -0.25) is 14.8 Å². The van der Waals surface area contributed by atoms with Crippen LogP contribution in [-0.2, 0) is 26.8 Å². The summed E-state index contributed by atoms with van der Waals surface area (Å²) in [5, 5.41) is 8.83. The zero-order valence-corrected chi connectivity index (χ0v) is 21.0. The van der Waals surface area contributed by atoms with Crippen molar-refractivity contribution < 1.29 is 27.6 Å². The first-order chi connectivity index (χ1) is 16.9. The molecule has 3 rings (SSSR count). The number of nitrogens with zero attached hydrogens (tertiary/aromatic N) is 1. The summed E-state index contributed by atoms with van der Waals surface area (Å²) in [4.78, 5) is 26.1. The third kappa shape index (κ3) is 6.75. The van der Waals surface area contributed by atoms with Crippen LogP contribution in [0.4, 0.5) is 10.1 Å². The SMILES string of the molecule is CC(C)(C)c1ccc(CN(C(=O)CNS(=O)(=O)c2ccc(F)cc2)c2ccc(C(=O)NO)cc2)cc1. The van der Waals surface area contributed by atoms with Crippen molar-refractivity contribution in [1.82, 2.24) is 10.2 Å². The van der Waals surface area contributed by atoms with Crippen LogP contribution in [-0.4, -0.2) is 32.0 Å². The van der Waals surface area contributed by atoms with Gasteiger partial charge in [-0.15, -0.1) is 0 Å². The van der Waals surface area contributed by atoms with Crippen LogP contribution < -0.4 is 15.1 Å². The van der Waals surface area contributed by atoms with Gasteiger partial charge in [0, 0.05) is 11.3 Å². The topological polar surface area (TPSA) is 116 Å². The minimum atomic E-state index is -4.05. The fourth-order valence-corrected chi connectivity index (χ4v) is 4.40. The molecule has 10 heteroatoms. The van der Waals surface area contributed by atoms with Crippen molar-refractivity contribution >= 4 is 27.5 Å². The van der Waals surface area contributed by atoms with Gasteiger partial charge in [0.15, 0.2) is 0 Å². The fraction of sp³-hybridized carbons (Fsp3) is 0.231. The van der Waals surface area contributed by atoms with E-state index in [0.717, 1.165) is 35.4 Å². The molecule has 0 atom stereocenters. The van der Waals surface area contributed by atoms with Gasteiger partial charge < -0.3 is 4.90 Å². The molecule has 0 bridgehead atoms.